The van der Waals surface area contributed by atoms with E-state index in [1.165, 1.54) is 18.2 Å². The summed E-state index contributed by atoms with van der Waals surface area (Å²) in [5, 5.41) is 7.94. The first-order valence-corrected chi connectivity index (χ1v) is 9.52. The van der Waals surface area contributed by atoms with Crippen LogP contribution in [-0.2, 0) is 20.7 Å². The zero-order valence-electron chi connectivity index (χ0n) is 17.3. The van der Waals surface area contributed by atoms with Crippen LogP contribution >= 0.6 is 0 Å². The Morgan fingerprint density at radius 2 is 1.57 bits per heavy atom. The molecule has 0 unspecified atom stereocenters. The summed E-state index contributed by atoms with van der Waals surface area (Å²) in [6.07, 6.45) is -0.565. The zero-order valence-corrected chi connectivity index (χ0v) is 17.3. The van der Waals surface area contributed by atoms with Crippen molar-refractivity contribution in [1.82, 2.24) is 5.32 Å². The average Bonchev–Trinajstić information content (AvgIpc) is 2.61. The van der Waals surface area contributed by atoms with Gasteiger partial charge in [0.1, 0.15) is 11.4 Å². The number of carbonyl (C=O) groups excluding carboxylic acids is 3. The third-order valence-corrected chi connectivity index (χ3v) is 3.75. The van der Waals surface area contributed by atoms with Crippen LogP contribution in [0.1, 0.15) is 32.8 Å². The van der Waals surface area contributed by atoms with Gasteiger partial charge in [-0.05, 0) is 50.6 Å². The summed E-state index contributed by atoms with van der Waals surface area (Å²) in [7, 11) is 0. The molecule has 2 rings (SSSR count). The Bertz CT molecular complexity index is 909. The van der Waals surface area contributed by atoms with E-state index in [-0.39, 0.29) is 31.2 Å². The summed E-state index contributed by atoms with van der Waals surface area (Å²) in [5.41, 5.74) is 0.775. The van der Waals surface area contributed by atoms with Crippen LogP contribution in [0, 0.1) is 5.82 Å². The second-order valence-electron chi connectivity index (χ2n) is 7.63. The Hall–Kier alpha value is -3.42. The van der Waals surface area contributed by atoms with Crippen molar-refractivity contribution in [2.24, 2.45) is 0 Å². The zero-order chi connectivity index (χ0) is 22.1. The molecular weight excluding hydrogens is 389 g/mol. The molecule has 0 radical (unpaired) electrons. The molecule has 3 N–H and O–H groups in total. The third-order valence-electron chi connectivity index (χ3n) is 3.75. The molecular formula is C22H26FN3O4. The van der Waals surface area contributed by atoms with Crippen LogP contribution in [-0.4, -0.2) is 30.1 Å². The molecule has 0 heterocycles. The van der Waals surface area contributed by atoms with Crippen LogP contribution in [0.2, 0.25) is 0 Å². The first kappa shape index (κ1) is 22.9. The number of carbonyl (C=O) groups is 3. The van der Waals surface area contributed by atoms with E-state index in [9.17, 15) is 18.8 Å². The van der Waals surface area contributed by atoms with Gasteiger partial charge >= 0.3 is 6.09 Å². The van der Waals surface area contributed by atoms with Crippen molar-refractivity contribution >= 4 is 29.3 Å². The lowest BCUT2D eigenvalue weighted by Gasteiger charge is -2.19. The van der Waals surface area contributed by atoms with Crippen molar-refractivity contribution in [3.63, 3.8) is 0 Å². The molecule has 0 bridgehead atoms. The molecule has 0 aromatic heterocycles. The summed E-state index contributed by atoms with van der Waals surface area (Å²) in [6, 6.07) is 12.5. The molecule has 30 heavy (non-hydrogen) atoms. The van der Waals surface area contributed by atoms with Gasteiger partial charge in [-0.1, -0.05) is 24.3 Å². The monoisotopic (exact) mass is 415 g/mol. The van der Waals surface area contributed by atoms with Gasteiger partial charge in [0.15, 0.2) is 0 Å². The quantitative estimate of drug-likeness (QED) is 0.640. The summed E-state index contributed by atoms with van der Waals surface area (Å²) < 4.78 is 18.4. The Morgan fingerprint density at radius 3 is 2.17 bits per heavy atom. The highest BCUT2D eigenvalue weighted by Gasteiger charge is 2.16. The predicted octanol–water partition coefficient (Wildman–Crippen LogP) is 3.86. The largest absolute Gasteiger partial charge is 0.444 e. The lowest BCUT2D eigenvalue weighted by atomic mass is 10.1. The van der Waals surface area contributed by atoms with E-state index in [2.05, 4.69) is 16.0 Å². The van der Waals surface area contributed by atoms with Crippen molar-refractivity contribution < 1.29 is 23.5 Å². The molecule has 0 aliphatic heterocycles. The first-order chi connectivity index (χ1) is 14.1. The SMILES string of the molecule is CC(C)(C)OC(=O)NCCC(=O)Nc1ccccc1NC(=O)Cc1cccc(F)c1. The van der Waals surface area contributed by atoms with E-state index in [4.69, 9.17) is 4.74 Å². The van der Waals surface area contributed by atoms with Gasteiger partial charge in [0.2, 0.25) is 11.8 Å². The Kier molecular flexibility index (Phi) is 7.91. The molecule has 0 saturated heterocycles. The van der Waals surface area contributed by atoms with E-state index in [0.717, 1.165) is 0 Å². The summed E-state index contributed by atoms with van der Waals surface area (Å²) in [4.78, 5) is 36.1. The van der Waals surface area contributed by atoms with Gasteiger partial charge in [-0.15, -0.1) is 0 Å². The maximum atomic E-state index is 13.3. The Morgan fingerprint density at radius 1 is 0.933 bits per heavy atom. The van der Waals surface area contributed by atoms with Crippen molar-refractivity contribution in [2.75, 3.05) is 17.2 Å². The second kappa shape index (κ2) is 10.4. The van der Waals surface area contributed by atoms with Crippen LogP contribution in [0.4, 0.5) is 20.6 Å². The van der Waals surface area contributed by atoms with Crippen molar-refractivity contribution in [1.29, 1.82) is 0 Å². The fourth-order valence-corrected chi connectivity index (χ4v) is 2.53. The standard InChI is InChI=1S/C22H26FN3O4/c1-22(2,3)30-21(29)24-12-11-19(27)25-17-9-4-5-10-18(17)26-20(28)14-15-7-6-8-16(23)13-15/h4-10,13H,11-12,14H2,1-3H3,(H,24,29)(H,25,27)(H,26,28). The molecule has 0 aliphatic rings. The van der Waals surface area contributed by atoms with Gasteiger partial charge < -0.3 is 20.7 Å². The highest BCUT2D eigenvalue weighted by atomic mass is 19.1. The highest BCUT2D eigenvalue weighted by Crippen LogP contribution is 2.21. The minimum absolute atomic E-state index is 0.000150. The van der Waals surface area contributed by atoms with E-state index in [1.54, 1.807) is 51.1 Å². The van der Waals surface area contributed by atoms with Crippen molar-refractivity contribution in [3.8, 4) is 0 Å². The van der Waals surface area contributed by atoms with Gasteiger partial charge in [-0.3, -0.25) is 9.59 Å². The Labute approximate surface area is 175 Å². The second-order valence-corrected chi connectivity index (χ2v) is 7.63. The number of hydrogen-bond donors (Lipinski definition) is 3. The molecule has 7 nitrogen and oxygen atoms in total. The molecule has 0 spiro atoms. The lowest BCUT2D eigenvalue weighted by Crippen LogP contribution is -2.34. The van der Waals surface area contributed by atoms with E-state index >= 15 is 0 Å². The fourth-order valence-electron chi connectivity index (χ4n) is 2.53. The number of hydrogen-bond acceptors (Lipinski definition) is 4. The molecule has 0 fully saturated rings. The Balaban J connectivity index is 1.87. The van der Waals surface area contributed by atoms with Gasteiger partial charge in [0, 0.05) is 13.0 Å². The maximum absolute atomic E-state index is 13.3. The van der Waals surface area contributed by atoms with E-state index < -0.39 is 17.5 Å². The molecule has 2 aromatic carbocycles. The van der Waals surface area contributed by atoms with E-state index in [1.807, 2.05) is 0 Å². The molecule has 0 atom stereocenters. The van der Waals surface area contributed by atoms with Crippen LogP contribution < -0.4 is 16.0 Å². The minimum Gasteiger partial charge on any atom is -0.444 e. The first-order valence-electron chi connectivity index (χ1n) is 9.52. The topological polar surface area (TPSA) is 96.5 Å². The van der Waals surface area contributed by atoms with Crippen molar-refractivity contribution in [2.45, 2.75) is 39.2 Å². The molecule has 0 saturated carbocycles. The van der Waals surface area contributed by atoms with Crippen LogP contribution in [0.3, 0.4) is 0 Å². The maximum Gasteiger partial charge on any atom is 0.407 e. The molecule has 2 aromatic rings. The molecule has 0 aliphatic carbocycles. The third kappa shape index (κ3) is 8.30. The predicted molar refractivity (Wildman–Crippen MR) is 113 cm³/mol. The van der Waals surface area contributed by atoms with Crippen molar-refractivity contribution in [3.05, 3.63) is 59.9 Å². The molecule has 8 heteroatoms. The smallest absolute Gasteiger partial charge is 0.407 e. The summed E-state index contributed by atoms with van der Waals surface area (Å²) >= 11 is 0. The number of halogens is 1. The van der Waals surface area contributed by atoms with Crippen LogP contribution in [0.5, 0.6) is 0 Å². The number of ether oxygens (including phenoxy) is 1. The normalized spacial score (nSPS) is 10.8. The molecule has 3 amide bonds. The lowest BCUT2D eigenvalue weighted by molar-refractivity contribution is -0.116. The number of benzene rings is 2. The molecule has 160 valence electrons. The number of rotatable bonds is 7. The van der Waals surface area contributed by atoms with Gasteiger partial charge in [0.05, 0.1) is 17.8 Å². The summed E-state index contributed by atoms with van der Waals surface area (Å²) in [5.74, 6) is -1.08. The number of anilines is 2. The number of alkyl carbamates (subject to hydrolysis) is 1. The van der Waals surface area contributed by atoms with Gasteiger partial charge in [0.25, 0.3) is 0 Å². The fraction of sp³-hybridized carbons (Fsp3) is 0.318. The van der Waals surface area contributed by atoms with Gasteiger partial charge in [-0.25, -0.2) is 9.18 Å². The van der Waals surface area contributed by atoms with Gasteiger partial charge in [-0.2, -0.15) is 0 Å². The van der Waals surface area contributed by atoms with Crippen LogP contribution in [0.25, 0.3) is 0 Å². The number of nitrogens with one attached hydrogen (secondary N) is 3. The van der Waals surface area contributed by atoms with E-state index in [0.29, 0.717) is 16.9 Å². The van der Waals surface area contributed by atoms with Crippen LogP contribution in [0.15, 0.2) is 48.5 Å². The highest BCUT2D eigenvalue weighted by molar-refractivity contribution is 6.00. The number of para-hydroxylation sites is 2. The number of amides is 3. The average molecular weight is 415 g/mol. The minimum atomic E-state index is -0.616. The summed E-state index contributed by atoms with van der Waals surface area (Å²) in [6.45, 7) is 5.35.